The predicted octanol–water partition coefficient (Wildman–Crippen LogP) is -0.129. The van der Waals surface area contributed by atoms with Crippen LogP contribution in [0.2, 0.25) is 0 Å². The van der Waals surface area contributed by atoms with Crippen molar-refractivity contribution in [2.24, 2.45) is 17.6 Å². The average molecular weight is 240 g/mol. The average Bonchev–Trinajstić information content (AvgIpc) is 2.61. The first-order valence-corrected chi connectivity index (χ1v) is 6.31. The number of aliphatic hydroxyl groups is 1. The Hall–Kier alpha value is -1.10. The SMILES string of the molecule is NC(=O)C1CC(=O)N(CC2CCCC(O)C2)C1. The first-order chi connectivity index (χ1) is 8.06. The number of rotatable bonds is 3. The molecule has 96 valence electrons. The van der Waals surface area contributed by atoms with E-state index in [9.17, 15) is 14.7 Å². The summed E-state index contributed by atoms with van der Waals surface area (Å²) < 4.78 is 0. The van der Waals surface area contributed by atoms with Crippen molar-refractivity contribution < 1.29 is 14.7 Å². The Morgan fingerprint density at radius 2 is 2.24 bits per heavy atom. The van der Waals surface area contributed by atoms with Gasteiger partial charge in [0.1, 0.15) is 0 Å². The molecule has 1 saturated carbocycles. The van der Waals surface area contributed by atoms with Crippen LogP contribution in [0.5, 0.6) is 0 Å². The molecule has 5 heteroatoms. The molecular formula is C12H20N2O3. The van der Waals surface area contributed by atoms with Crippen LogP contribution >= 0.6 is 0 Å². The second kappa shape index (κ2) is 5.04. The number of hydrogen-bond acceptors (Lipinski definition) is 3. The number of carbonyl (C=O) groups excluding carboxylic acids is 2. The molecule has 1 saturated heterocycles. The fourth-order valence-electron chi connectivity index (χ4n) is 2.88. The van der Waals surface area contributed by atoms with Crippen molar-refractivity contribution in [2.45, 2.75) is 38.2 Å². The van der Waals surface area contributed by atoms with Gasteiger partial charge < -0.3 is 15.7 Å². The molecule has 1 heterocycles. The van der Waals surface area contributed by atoms with E-state index in [2.05, 4.69) is 0 Å². The van der Waals surface area contributed by atoms with Crippen molar-refractivity contribution in [2.75, 3.05) is 13.1 Å². The number of hydrogen-bond donors (Lipinski definition) is 2. The van der Waals surface area contributed by atoms with Gasteiger partial charge in [-0.15, -0.1) is 0 Å². The molecule has 0 radical (unpaired) electrons. The largest absolute Gasteiger partial charge is 0.393 e. The van der Waals surface area contributed by atoms with Gasteiger partial charge in [-0.25, -0.2) is 0 Å². The number of amides is 2. The van der Waals surface area contributed by atoms with E-state index in [4.69, 9.17) is 5.73 Å². The van der Waals surface area contributed by atoms with Crippen LogP contribution in [0.4, 0.5) is 0 Å². The van der Waals surface area contributed by atoms with Crippen molar-refractivity contribution in [3.05, 3.63) is 0 Å². The highest BCUT2D eigenvalue weighted by molar-refractivity contribution is 5.88. The molecule has 2 amide bonds. The Balaban J connectivity index is 1.86. The molecule has 5 nitrogen and oxygen atoms in total. The quantitative estimate of drug-likeness (QED) is 0.721. The van der Waals surface area contributed by atoms with Gasteiger partial charge in [0.25, 0.3) is 0 Å². The molecule has 1 aliphatic carbocycles. The number of nitrogens with two attached hydrogens (primary N) is 1. The van der Waals surface area contributed by atoms with Crippen LogP contribution in [0.1, 0.15) is 32.1 Å². The third-order valence-electron chi connectivity index (χ3n) is 3.85. The Kier molecular flexibility index (Phi) is 3.66. The summed E-state index contributed by atoms with van der Waals surface area (Å²) in [4.78, 5) is 24.5. The molecule has 3 atom stereocenters. The van der Waals surface area contributed by atoms with E-state index in [0.29, 0.717) is 19.0 Å². The van der Waals surface area contributed by atoms with Gasteiger partial charge in [-0.1, -0.05) is 6.42 Å². The highest BCUT2D eigenvalue weighted by Gasteiger charge is 2.34. The second-order valence-corrected chi connectivity index (χ2v) is 5.29. The number of primary amides is 1. The van der Waals surface area contributed by atoms with Gasteiger partial charge in [0.2, 0.25) is 11.8 Å². The van der Waals surface area contributed by atoms with Crippen LogP contribution in [0.25, 0.3) is 0 Å². The number of likely N-dealkylation sites (tertiary alicyclic amines) is 1. The van der Waals surface area contributed by atoms with E-state index < -0.39 is 0 Å². The van der Waals surface area contributed by atoms with Crippen LogP contribution in [0.3, 0.4) is 0 Å². The topological polar surface area (TPSA) is 83.6 Å². The van der Waals surface area contributed by atoms with Gasteiger partial charge in [-0.2, -0.15) is 0 Å². The van der Waals surface area contributed by atoms with E-state index in [1.165, 1.54) is 0 Å². The number of nitrogens with zero attached hydrogens (tertiary/aromatic N) is 1. The van der Waals surface area contributed by atoms with Gasteiger partial charge >= 0.3 is 0 Å². The molecule has 2 aliphatic rings. The zero-order valence-corrected chi connectivity index (χ0v) is 9.97. The van der Waals surface area contributed by atoms with Crippen molar-refractivity contribution >= 4 is 11.8 Å². The van der Waals surface area contributed by atoms with Crippen LogP contribution < -0.4 is 5.73 Å². The van der Waals surface area contributed by atoms with Crippen LogP contribution in [0, 0.1) is 11.8 Å². The van der Waals surface area contributed by atoms with E-state index in [-0.39, 0.29) is 30.3 Å². The fraction of sp³-hybridized carbons (Fsp3) is 0.833. The zero-order chi connectivity index (χ0) is 12.4. The molecule has 17 heavy (non-hydrogen) atoms. The Morgan fingerprint density at radius 3 is 2.82 bits per heavy atom. The molecule has 0 aromatic carbocycles. The van der Waals surface area contributed by atoms with Crippen LogP contribution in [0.15, 0.2) is 0 Å². The van der Waals surface area contributed by atoms with E-state index in [1.807, 2.05) is 0 Å². The molecular weight excluding hydrogens is 220 g/mol. The van der Waals surface area contributed by atoms with Crippen molar-refractivity contribution in [1.29, 1.82) is 0 Å². The van der Waals surface area contributed by atoms with Gasteiger partial charge in [0, 0.05) is 19.5 Å². The third kappa shape index (κ3) is 2.97. The highest BCUT2D eigenvalue weighted by Crippen LogP contribution is 2.27. The molecule has 3 unspecified atom stereocenters. The molecule has 0 aromatic heterocycles. The highest BCUT2D eigenvalue weighted by atomic mass is 16.3. The second-order valence-electron chi connectivity index (χ2n) is 5.29. The van der Waals surface area contributed by atoms with Crippen LogP contribution in [-0.4, -0.2) is 41.0 Å². The summed E-state index contributed by atoms with van der Waals surface area (Å²) in [5.41, 5.74) is 5.22. The zero-order valence-electron chi connectivity index (χ0n) is 9.97. The minimum Gasteiger partial charge on any atom is -0.393 e. The standard InChI is InChI=1S/C12H20N2O3/c13-12(17)9-5-11(16)14(7-9)6-8-2-1-3-10(15)4-8/h8-10,15H,1-7H2,(H2,13,17). The maximum absolute atomic E-state index is 11.7. The molecule has 0 aromatic rings. The molecule has 3 N–H and O–H groups in total. The van der Waals surface area contributed by atoms with Gasteiger partial charge in [-0.3, -0.25) is 9.59 Å². The summed E-state index contributed by atoms with van der Waals surface area (Å²) in [5.74, 6) is -0.316. The Labute approximate surface area is 101 Å². The number of aliphatic hydroxyl groups excluding tert-OH is 1. The van der Waals surface area contributed by atoms with Gasteiger partial charge in [0.05, 0.1) is 12.0 Å². The van der Waals surface area contributed by atoms with Gasteiger partial charge in [-0.05, 0) is 25.2 Å². The summed E-state index contributed by atoms with van der Waals surface area (Å²) in [7, 11) is 0. The van der Waals surface area contributed by atoms with E-state index in [1.54, 1.807) is 4.90 Å². The third-order valence-corrected chi connectivity index (χ3v) is 3.85. The summed E-state index contributed by atoms with van der Waals surface area (Å²) in [6, 6.07) is 0. The number of carbonyl (C=O) groups is 2. The smallest absolute Gasteiger partial charge is 0.223 e. The summed E-state index contributed by atoms with van der Waals surface area (Å²) in [6.45, 7) is 1.13. The van der Waals surface area contributed by atoms with E-state index in [0.717, 1.165) is 25.7 Å². The summed E-state index contributed by atoms with van der Waals surface area (Å²) in [5, 5.41) is 9.58. The normalized spacial score (nSPS) is 34.1. The molecule has 2 fully saturated rings. The Bertz CT molecular complexity index is 319. The maximum Gasteiger partial charge on any atom is 0.223 e. The minimum atomic E-state index is -0.385. The summed E-state index contributed by atoms with van der Waals surface area (Å²) >= 11 is 0. The molecule has 2 rings (SSSR count). The van der Waals surface area contributed by atoms with Crippen LogP contribution in [-0.2, 0) is 9.59 Å². The van der Waals surface area contributed by atoms with E-state index >= 15 is 0 Å². The molecule has 0 spiro atoms. The summed E-state index contributed by atoms with van der Waals surface area (Å²) in [6.07, 6.45) is 3.75. The lowest BCUT2D eigenvalue weighted by Crippen LogP contribution is -2.35. The minimum absolute atomic E-state index is 0.0221. The molecule has 1 aliphatic heterocycles. The predicted molar refractivity (Wildman–Crippen MR) is 61.8 cm³/mol. The van der Waals surface area contributed by atoms with Crippen molar-refractivity contribution in [3.8, 4) is 0 Å². The lowest BCUT2D eigenvalue weighted by molar-refractivity contribution is -0.129. The Morgan fingerprint density at radius 1 is 1.47 bits per heavy atom. The lowest BCUT2D eigenvalue weighted by atomic mass is 9.87. The first kappa shape index (κ1) is 12.4. The lowest BCUT2D eigenvalue weighted by Gasteiger charge is -2.29. The van der Waals surface area contributed by atoms with Crippen molar-refractivity contribution in [1.82, 2.24) is 4.90 Å². The first-order valence-electron chi connectivity index (χ1n) is 6.31. The monoisotopic (exact) mass is 240 g/mol. The fourth-order valence-corrected chi connectivity index (χ4v) is 2.88. The van der Waals surface area contributed by atoms with Gasteiger partial charge in [0.15, 0.2) is 0 Å². The van der Waals surface area contributed by atoms with Crippen molar-refractivity contribution in [3.63, 3.8) is 0 Å². The molecule has 0 bridgehead atoms. The maximum atomic E-state index is 11.7.